The number of guanidine groups is 1. The molecule has 3 aromatic rings. The van der Waals surface area contributed by atoms with Crippen LogP contribution in [0.15, 0.2) is 59.2 Å². The highest BCUT2D eigenvalue weighted by atomic mass is 127. The van der Waals surface area contributed by atoms with Gasteiger partial charge in [-0.25, -0.2) is 4.99 Å². The first-order chi connectivity index (χ1) is 11.7. The number of nitrogens with one attached hydrogen (secondary N) is 1. The van der Waals surface area contributed by atoms with Crippen LogP contribution in [0.2, 0.25) is 0 Å². The Morgan fingerprint density at radius 3 is 2.88 bits per heavy atom. The van der Waals surface area contributed by atoms with Crippen LogP contribution in [0.5, 0.6) is 0 Å². The monoisotopic (exact) mass is 467 g/mol. The second kappa shape index (κ2) is 9.57. The Balaban J connectivity index is 0.00000225. The molecule has 2 aromatic heterocycles. The highest BCUT2D eigenvalue weighted by Crippen LogP contribution is 2.19. The summed E-state index contributed by atoms with van der Waals surface area (Å²) in [5.41, 5.74) is 9.31. The number of rotatable bonds is 6. The topological polar surface area (TPSA) is 68.2 Å². The van der Waals surface area contributed by atoms with Gasteiger partial charge in [-0.2, -0.15) is 5.10 Å². The zero-order valence-corrected chi connectivity index (χ0v) is 17.2. The van der Waals surface area contributed by atoms with E-state index in [0.717, 1.165) is 29.7 Å². The van der Waals surface area contributed by atoms with Crippen molar-refractivity contribution in [1.29, 1.82) is 0 Å². The number of halogens is 1. The SMILES string of the molecule is Cn1cc(-c2cccc(CN=C(N)NCCc3cccs3)c2)cn1.I. The Kier molecular flexibility index (Phi) is 7.45. The van der Waals surface area contributed by atoms with Crippen molar-refractivity contribution in [2.24, 2.45) is 17.8 Å². The van der Waals surface area contributed by atoms with Gasteiger partial charge in [0.15, 0.2) is 5.96 Å². The van der Waals surface area contributed by atoms with Gasteiger partial charge in [0, 0.05) is 30.2 Å². The lowest BCUT2D eigenvalue weighted by atomic mass is 10.1. The second-order valence-corrected chi connectivity index (χ2v) is 6.59. The van der Waals surface area contributed by atoms with Crippen LogP contribution >= 0.6 is 35.3 Å². The first-order valence-electron chi connectivity index (χ1n) is 7.85. The number of aromatic nitrogens is 2. The van der Waals surface area contributed by atoms with Gasteiger partial charge >= 0.3 is 0 Å². The average Bonchev–Trinajstić information content (AvgIpc) is 3.25. The number of hydrogen-bond donors (Lipinski definition) is 2. The normalized spacial score (nSPS) is 11.2. The molecule has 5 nitrogen and oxygen atoms in total. The van der Waals surface area contributed by atoms with Gasteiger partial charge in [-0.3, -0.25) is 4.68 Å². The van der Waals surface area contributed by atoms with Gasteiger partial charge in [-0.15, -0.1) is 35.3 Å². The van der Waals surface area contributed by atoms with Crippen molar-refractivity contribution in [1.82, 2.24) is 15.1 Å². The van der Waals surface area contributed by atoms with Crippen LogP contribution in [0.1, 0.15) is 10.4 Å². The molecule has 0 spiro atoms. The predicted molar refractivity (Wildman–Crippen MR) is 115 cm³/mol. The van der Waals surface area contributed by atoms with E-state index in [-0.39, 0.29) is 24.0 Å². The average molecular weight is 467 g/mol. The number of thiophene rings is 1. The Bertz CT molecular complexity index is 811. The van der Waals surface area contributed by atoms with Gasteiger partial charge < -0.3 is 11.1 Å². The number of nitrogens with zero attached hydrogens (tertiary/aromatic N) is 3. The Morgan fingerprint density at radius 2 is 2.16 bits per heavy atom. The van der Waals surface area contributed by atoms with Crippen molar-refractivity contribution in [2.75, 3.05) is 6.54 Å². The van der Waals surface area contributed by atoms with E-state index in [2.05, 4.69) is 51.1 Å². The maximum atomic E-state index is 5.94. The summed E-state index contributed by atoms with van der Waals surface area (Å²) < 4.78 is 1.80. The summed E-state index contributed by atoms with van der Waals surface area (Å²) in [4.78, 5) is 5.77. The van der Waals surface area contributed by atoms with Crippen molar-refractivity contribution < 1.29 is 0 Å². The Hall–Kier alpha value is -1.87. The van der Waals surface area contributed by atoms with Crippen molar-refractivity contribution in [3.8, 4) is 11.1 Å². The molecule has 132 valence electrons. The van der Waals surface area contributed by atoms with Crippen molar-refractivity contribution >= 4 is 41.3 Å². The van der Waals surface area contributed by atoms with Crippen molar-refractivity contribution in [3.63, 3.8) is 0 Å². The van der Waals surface area contributed by atoms with E-state index in [1.807, 2.05) is 25.5 Å². The molecule has 0 aliphatic rings. The van der Waals surface area contributed by atoms with E-state index in [1.165, 1.54) is 4.88 Å². The quantitative estimate of drug-likeness (QED) is 0.332. The first-order valence-corrected chi connectivity index (χ1v) is 8.73. The number of aliphatic imine (C=N–C) groups is 1. The van der Waals surface area contributed by atoms with E-state index < -0.39 is 0 Å². The highest BCUT2D eigenvalue weighted by molar-refractivity contribution is 14.0. The molecule has 0 amide bonds. The second-order valence-electron chi connectivity index (χ2n) is 5.56. The molecule has 0 fully saturated rings. The predicted octanol–water partition coefficient (Wildman–Crippen LogP) is 3.41. The molecule has 0 saturated heterocycles. The summed E-state index contributed by atoms with van der Waals surface area (Å²) in [6.07, 6.45) is 4.83. The van der Waals surface area contributed by atoms with Gasteiger partial charge in [-0.1, -0.05) is 24.3 Å². The molecule has 1 aromatic carbocycles. The van der Waals surface area contributed by atoms with E-state index in [0.29, 0.717) is 12.5 Å². The fraction of sp³-hybridized carbons (Fsp3) is 0.222. The van der Waals surface area contributed by atoms with Crippen molar-refractivity contribution in [3.05, 3.63) is 64.6 Å². The molecule has 0 unspecified atom stereocenters. The van der Waals surface area contributed by atoms with Gasteiger partial charge in [0.1, 0.15) is 0 Å². The van der Waals surface area contributed by atoms with E-state index in [9.17, 15) is 0 Å². The zero-order valence-electron chi connectivity index (χ0n) is 14.1. The van der Waals surface area contributed by atoms with Gasteiger partial charge in [0.25, 0.3) is 0 Å². The summed E-state index contributed by atoms with van der Waals surface area (Å²) in [5.74, 6) is 0.485. The number of nitrogens with two attached hydrogens (primary N) is 1. The van der Waals surface area contributed by atoms with Gasteiger partial charge in [0.2, 0.25) is 0 Å². The molecule has 2 heterocycles. The third-order valence-electron chi connectivity index (χ3n) is 3.65. The Morgan fingerprint density at radius 1 is 1.28 bits per heavy atom. The van der Waals surface area contributed by atoms with Crippen LogP contribution < -0.4 is 11.1 Å². The molecule has 0 bridgehead atoms. The van der Waals surface area contributed by atoms with E-state index >= 15 is 0 Å². The molecular formula is C18H22IN5S. The molecule has 0 atom stereocenters. The third-order valence-corrected chi connectivity index (χ3v) is 4.59. The minimum atomic E-state index is 0. The number of benzene rings is 1. The minimum Gasteiger partial charge on any atom is -0.370 e. The molecule has 25 heavy (non-hydrogen) atoms. The van der Waals surface area contributed by atoms with Crippen LogP contribution in [0.3, 0.4) is 0 Å². The van der Waals surface area contributed by atoms with Crippen LogP contribution in [0.4, 0.5) is 0 Å². The molecule has 3 rings (SSSR count). The summed E-state index contributed by atoms with van der Waals surface area (Å²) in [6.45, 7) is 1.36. The van der Waals surface area contributed by atoms with E-state index in [4.69, 9.17) is 5.73 Å². The number of hydrogen-bond acceptors (Lipinski definition) is 3. The lowest BCUT2D eigenvalue weighted by molar-refractivity contribution is 0.768. The molecular weight excluding hydrogens is 445 g/mol. The standard InChI is InChI=1S/C18H21N5S.HI/c1-23-13-16(12-22-23)15-5-2-4-14(10-15)11-21-18(19)20-8-7-17-6-3-9-24-17;/h2-6,9-10,12-13H,7-8,11H2,1H3,(H3,19,20,21);1H. The maximum Gasteiger partial charge on any atom is 0.188 e. The Labute approximate surface area is 169 Å². The highest BCUT2D eigenvalue weighted by Gasteiger charge is 2.02. The summed E-state index contributed by atoms with van der Waals surface area (Å²) >= 11 is 1.76. The molecule has 7 heteroatoms. The van der Waals surface area contributed by atoms with Crippen LogP contribution in [-0.4, -0.2) is 22.3 Å². The molecule has 0 aliphatic carbocycles. The molecule has 3 N–H and O–H groups in total. The minimum absolute atomic E-state index is 0. The van der Waals surface area contributed by atoms with Crippen LogP contribution in [0, 0.1) is 0 Å². The first kappa shape index (κ1) is 19.5. The fourth-order valence-electron chi connectivity index (χ4n) is 2.42. The number of aryl methyl sites for hydroxylation is 1. The fourth-order valence-corrected chi connectivity index (χ4v) is 3.13. The smallest absolute Gasteiger partial charge is 0.188 e. The largest absolute Gasteiger partial charge is 0.370 e. The van der Waals surface area contributed by atoms with Gasteiger partial charge in [-0.05, 0) is 35.1 Å². The lowest BCUT2D eigenvalue weighted by Crippen LogP contribution is -2.33. The van der Waals surface area contributed by atoms with Crippen molar-refractivity contribution in [2.45, 2.75) is 13.0 Å². The summed E-state index contributed by atoms with van der Waals surface area (Å²) in [6, 6.07) is 12.5. The molecule has 0 aliphatic heterocycles. The molecule has 0 radical (unpaired) electrons. The molecule has 0 saturated carbocycles. The van der Waals surface area contributed by atoms with Crippen LogP contribution in [0.25, 0.3) is 11.1 Å². The zero-order chi connectivity index (χ0) is 16.8. The summed E-state index contributed by atoms with van der Waals surface area (Å²) in [5, 5.41) is 9.46. The lowest BCUT2D eigenvalue weighted by Gasteiger charge is -2.05. The maximum absolute atomic E-state index is 5.94. The third kappa shape index (κ3) is 5.86. The van der Waals surface area contributed by atoms with Gasteiger partial charge in [0.05, 0.1) is 12.7 Å². The van der Waals surface area contributed by atoms with E-state index in [1.54, 1.807) is 16.0 Å². The van der Waals surface area contributed by atoms with Crippen LogP contribution in [-0.2, 0) is 20.0 Å². The summed E-state index contributed by atoms with van der Waals surface area (Å²) in [7, 11) is 1.92.